The van der Waals surface area contributed by atoms with Gasteiger partial charge in [0.05, 0.1) is 11.1 Å². The summed E-state index contributed by atoms with van der Waals surface area (Å²) in [5.74, 6) is 0.441. The molecule has 0 amide bonds. The Morgan fingerprint density at radius 1 is 1.24 bits per heavy atom. The number of nitriles is 1. The zero-order chi connectivity index (χ0) is 18.0. The number of rotatable bonds is 5. The van der Waals surface area contributed by atoms with E-state index >= 15 is 0 Å². The van der Waals surface area contributed by atoms with Crippen molar-refractivity contribution in [3.63, 3.8) is 0 Å². The molecule has 0 aliphatic carbocycles. The number of nitrogens with zero attached hydrogens (tertiary/aromatic N) is 5. The second kappa shape index (κ2) is 6.51. The fourth-order valence-electron chi connectivity index (χ4n) is 2.18. The molecule has 8 nitrogen and oxygen atoms in total. The maximum atomic E-state index is 12.0. The molecule has 2 heterocycles. The summed E-state index contributed by atoms with van der Waals surface area (Å²) in [4.78, 5) is 4.33. The van der Waals surface area contributed by atoms with Crippen LogP contribution in [0.3, 0.4) is 0 Å². The van der Waals surface area contributed by atoms with Crippen LogP contribution in [0, 0.1) is 11.3 Å². The van der Waals surface area contributed by atoms with E-state index in [4.69, 9.17) is 10.00 Å². The Labute approximate surface area is 145 Å². The molecular formula is C16H15N5O3S. The van der Waals surface area contributed by atoms with Gasteiger partial charge in [-0.15, -0.1) is 0 Å². The maximum Gasteiger partial charge on any atom is 0.242 e. The van der Waals surface area contributed by atoms with Gasteiger partial charge < -0.3 is 4.74 Å². The fraction of sp³-hybridized carbons (Fsp3) is 0.188. The fourth-order valence-corrected chi connectivity index (χ4v) is 3.09. The van der Waals surface area contributed by atoms with Gasteiger partial charge in [-0.3, -0.25) is 0 Å². The smallest absolute Gasteiger partial charge is 0.242 e. The highest BCUT2D eigenvalue weighted by atomic mass is 32.2. The highest BCUT2D eigenvalue weighted by Crippen LogP contribution is 2.18. The van der Waals surface area contributed by atoms with Crippen molar-refractivity contribution < 1.29 is 13.2 Å². The summed E-state index contributed by atoms with van der Waals surface area (Å²) in [6, 6.07) is 10.1. The molecule has 0 radical (unpaired) electrons. The molecule has 0 N–H and O–H groups in total. The van der Waals surface area contributed by atoms with Gasteiger partial charge in [-0.05, 0) is 17.7 Å². The molecule has 1 aromatic carbocycles. The molecule has 2 aromatic heterocycles. The average Bonchev–Trinajstić information content (AvgIpc) is 3.04. The van der Waals surface area contributed by atoms with Crippen LogP contribution in [0.4, 0.5) is 0 Å². The van der Waals surface area contributed by atoms with Gasteiger partial charge in [0.25, 0.3) is 0 Å². The first-order chi connectivity index (χ1) is 11.9. The molecule has 0 saturated carbocycles. The zero-order valence-corrected chi connectivity index (χ0v) is 14.4. The van der Waals surface area contributed by atoms with E-state index in [0.29, 0.717) is 17.1 Å². The Morgan fingerprint density at radius 3 is 2.60 bits per heavy atom. The van der Waals surface area contributed by atoms with Crippen molar-refractivity contribution in [1.82, 2.24) is 18.9 Å². The molecule has 0 fully saturated rings. The second-order valence-corrected chi connectivity index (χ2v) is 7.56. The predicted octanol–water partition coefficient (Wildman–Crippen LogP) is 1.43. The van der Waals surface area contributed by atoms with E-state index in [1.165, 1.54) is 36.9 Å². The molecule has 3 aromatic rings. The Morgan fingerprint density at radius 2 is 1.96 bits per heavy atom. The van der Waals surface area contributed by atoms with Crippen molar-refractivity contribution in [3.8, 4) is 11.9 Å². The first-order valence-electron chi connectivity index (χ1n) is 7.30. The van der Waals surface area contributed by atoms with Gasteiger partial charge in [0.15, 0.2) is 5.65 Å². The minimum absolute atomic E-state index is 0.221. The van der Waals surface area contributed by atoms with Crippen molar-refractivity contribution in [1.29, 1.82) is 5.26 Å². The first-order valence-corrected chi connectivity index (χ1v) is 8.74. The predicted molar refractivity (Wildman–Crippen MR) is 89.3 cm³/mol. The van der Waals surface area contributed by atoms with E-state index in [1.54, 1.807) is 24.4 Å². The minimum atomic E-state index is -3.45. The van der Waals surface area contributed by atoms with Gasteiger partial charge in [-0.1, -0.05) is 12.1 Å². The lowest BCUT2D eigenvalue weighted by atomic mass is 10.2. The van der Waals surface area contributed by atoms with Gasteiger partial charge in [0.1, 0.15) is 18.2 Å². The van der Waals surface area contributed by atoms with Gasteiger partial charge in [0.2, 0.25) is 15.9 Å². The number of aromatic nitrogens is 3. The van der Waals surface area contributed by atoms with Gasteiger partial charge in [0, 0.05) is 26.4 Å². The number of hydrogen-bond acceptors (Lipinski definition) is 6. The minimum Gasteiger partial charge on any atom is -0.473 e. The highest BCUT2D eigenvalue weighted by Gasteiger charge is 2.16. The second-order valence-electron chi connectivity index (χ2n) is 5.41. The van der Waals surface area contributed by atoms with Gasteiger partial charge >= 0.3 is 0 Å². The largest absolute Gasteiger partial charge is 0.473 e. The third-order valence-electron chi connectivity index (χ3n) is 3.58. The monoisotopic (exact) mass is 357 g/mol. The van der Waals surface area contributed by atoms with Crippen molar-refractivity contribution in [3.05, 3.63) is 53.9 Å². The summed E-state index contributed by atoms with van der Waals surface area (Å²) in [6.07, 6.45) is 2.97. The van der Waals surface area contributed by atoms with Crippen LogP contribution >= 0.6 is 0 Å². The summed E-state index contributed by atoms with van der Waals surface area (Å²) in [5, 5.41) is 13.1. The summed E-state index contributed by atoms with van der Waals surface area (Å²) < 4.78 is 32.4. The molecule has 0 saturated heterocycles. The SMILES string of the molecule is CN(C)S(=O)(=O)c1ccc(COc2ccnc3c(C#N)cnn23)cc1. The zero-order valence-electron chi connectivity index (χ0n) is 13.6. The molecule has 9 heteroatoms. The molecule has 0 bridgehead atoms. The summed E-state index contributed by atoms with van der Waals surface area (Å²) in [6.45, 7) is 0.225. The van der Waals surface area contributed by atoms with Crippen LogP contribution in [0.2, 0.25) is 0 Å². The lowest BCUT2D eigenvalue weighted by molar-refractivity contribution is 0.285. The van der Waals surface area contributed by atoms with Gasteiger partial charge in [-0.25, -0.2) is 17.7 Å². The average molecular weight is 357 g/mol. The molecule has 0 aliphatic heterocycles. The third kappa shape index (κ3) is 3.17. The van der Waals surface area contributed by atoms with Crippen LogP contribution in [-0.2, 0) is 16.6 Å². The Hall–Kier alpha value is -2.96. The first kappa shape index (κ1) is 16.9. The molecule has 0 atom stereocenters. The number of benzene rings is 1. The van der Waals surface area contributed by atoms with Crippen LogP contribution in [0.5, 0.6) is 5.88 Å². The molecule has 128 valence electrons. The number of hydrogen-bond donors (Lipinski definition) is 0. The van der Waals surface area contributed by atoms with Gasteiger partial charge in [-0.2, -0.15) is 14.9 Å². The van der Waals surface area contributed by atoms with E-state index in [2.05, 4.69) is 10.1 Å². The molecule has 0 spiro atoms. The lowest BCUT2D eigenvalue weighted by Crippen LogP contribution is -2.22. The van der Waals surface area contributed by atoms with Crippen LogP contribution in [0.1, 0.15) is 11.1 Å². The maximum absolute atomic E-state index is 12.0. The van der Waals surface area contributed by atoms with Crippen LogP contribution in [-0.4, -0.2) is 41.4 Å². The summed E-state index contributed by atoms with van der Waals surface area (Å²) in [5.41, 5.74) is 1.59. The number of fused-ring (bicyclic) bond motifs is 1. The van der Waals surface area contributed by atoms with E-state index in [-0.39, 0.29) is 11.5 Å². The van der Waals surface area contributed by atoms with Crippen LogP contribution in [0.25, 0.3) is 5.65 Å². The van der Waals surface area contributed by atoms with E-state index in [9.17, 15) is 8.42 Å². The normalized spacial score (nSPS) is 11.6. The molecule has 0 unspecified atom stereocenters. The molecular weight excluding hydrogens is 342 g/mol. The van der Waals surface area contributed by atoms with Crippen molar-refractivity contribution in [2.75, 3.05) is 14.1 Å². The molecule has 3 rings (SSSR count). The summed E-state index contributed by atoms with van der Waals surface area (Å²) in [7, 11) is -0.477. The Kier molecular flexibility index (Phi) is 4.39. The topological polar surface area (TPSA) is 101 Å². The lowest BCUT2D eigenvalue weighted by Gasteiger charge is -2.12. The van der Waals surface area contributed by atoms with Crippen molar-refractivity contribution in [2.45, 2.75) is 11.5 Å². The Bertz CT molecular complexity index is 1050. The third-order valence-corrected chi connectivity index (χ3v) is 5.40. The number of ether oxygens (including phenoxy) is 1. The standard InChI is InChI=1S/C16H15N5O3S/c1-20(2)25(22,23)14-5-3-12(4-6-14)11-24-15-7-8-18-16-13(9-17)10-19-21(15)16/h3-8,10H,11H2,1-2H3. The summed E-state index contributed by atoms with van der Waals surface area (Å²) >= 11 is 0. The highest BCUT2D eigenvalue weighted by molar-refractivity contribution is 7.89. The number of sulfonamides is 1. The van der Waals surface area contributed by atoms with Crippen LogP contribution < -0.4 is 4.74 Å². The van der Waals surface area contributed by atoms with E-state index in [1.807, 2.05) is 6.07 Å². The molecule has 25 heavy (non-hydrogen) atoms. The van der Waals surface area contributed by atoms with Crippen molar-refractivity contribution >= 4 is 15.7 Å². The van der Waals surface area contributed by atoms with Crippen LogP contribution in [0.15, 0.2) is 47.6 Å². The van der Waals surface area contributed by atoms with Crippen molar-refractivity contribution in [2.24, 2.45) is 0 Å². The van der Waals surface area contributed by atoms with E-state index in [0.717, 1.165) is 9.87 Å². The quantitative estimate of drug-likeness (QED) is 0.685. The van der Waals surface area contributed by atoms with E-state index < -0.39 is 10.0 Å². The molecule has 0 aliphatic rings. The Balaban J connectivity index is 1.79.